The van der Waals surface area contributed by atoms with Crippen molar-refractivity contribution in [2.45, 2.75) is 12.8 Å². The zero-order chi connectivity index (χ0) is 19.3. The summed E-state index contributed by atoms with van der Waals surface area (Å²) in [6.45, 7) is 2.93. The van der Waals surface area contributed by atoms with Crippen LogP contribution in [0.5, 0.6) is 0 Å². The highest BCUT2D eigenvalue weighted by Crippen LogP contribution is 2.25. The number of piperazine rings is 1. The third-order valence-electron chi connectivity index (χ3n) is 4.99. The topological polar surface area (TPSA) is 49.6 Å². The highest BCUT2D eigenvalue weighted by Gasteiger charge is 2.22. The van der Waals surface area contributed by atoms with Crippen LogP contribution in [0.2, 0.25) is 0 Å². The van der Waals surface area contributed by atoms with E-state index in [2.05, 4.69) is 9.88 Å². The smallest absolute Gasteiger partial charge is 0.223 e. The number of furan rings is 1. The van der Waals surface area contributed by atoms with Crippen molar-refractivity contribution in [1.29, 1.82) is 0 Å². The highest BCUT2D eigenvalue weighted by molar-refractivity contribution is 5.76. The maximum absolute atomic E-state index is 13.9. The van der Waals surface area contributed by atoms with E-state index in [-0.39, 0.29) is 11.7 Å². The highest BCUT2D eigenvalue weighted by atomic mass is 19.1. The van der Waals surface area contributed by atoms with Gasteiger partial charge in [-0.3, -0.25) is 4.79 Å². The van der Waals surface area contributed by atoms with E-state index in [4.69, 9.17) is 4.42 Å². The molecule has 1 aromatic carbocycles. The van der Waals surface area contributed by atoms with Crippen LogP contribution in [0.25, 0.3) is 11.3 Å². The molecule has 4 rings (SSSR count). The molecule has 0 saturated carbocycles. The molecule has 6 heteroatoms. The van der Waals surface area contributed by atoms with Crippen LogP contribution in [0.3, 0.4) is 0 Å². The molecule has 28 heavy (non-hydrogen) atoms. The standard InChI is InChI=1S/C22H22FN3O2/c23-19-6-2-1-5-18(19)20-10-8-17(28-20)9-11-22(27)26-15-13-25(14-16-26)21-7-3-4-12-24-21/h1-8,10,12H,9,11,13-16H2. The molecule has 0 N–H and O–H groups in total. The number of aromatic nitrogens is 1. The van der Waals surface area contributed by atoms with Crippen molar-refractivity contribution in [3.05, 3.63) is 72.4 Å². The van der Waals surface area contributed by atoms with Crippen LogP contribution in [0.1, 0.15) is 12.2 Å². The molecule has 3 aromatic rings. The number of amides is 1. The third kappa shape index (κ3) is 4.06. The Hall–Kier alpha value is -3.15. The number of aryl methyl sites for hydroxylation is 1. The summed E-state index contributed by atoms with van der Waals surface area (Å²) >= 11 is 0. The van der Waals surface area contributed by atoms with Gasteiger partial charge >= 0.3 is 0 Å². The minimum atomic E-state index is -0.315. The molecule has 1 fully saturated rings. The number of nitrogens with zero attached hydrogens (tertiary/aromatic N) is 3. The van der Waals surface area contributed by atoms with Crippen LogP contribution >= 0.6 is 0 Å². The molecule has 0 bridgehead atoms. The average Bonchev–Trinajstić information content (AvgIpc) is 3.22. The molecular formula is C22H22FN3O2. The van der Waals surface area contributed by atoms with Crippen molar-refractivity contribution in [2.24, 2.45) is 0 Å². The van der Waals surface area contributed by atoms with Gasteiger partial charge in [0, 0.05) is 45.2 Å². The number of pyridine rings is 1. The molecule has 0 unspecified atom stereocenters. The van der Waals surface area contributed by atoms with Crippen LogP contribution in [0.15, 0.2) is 65.2 Å². The average molecular weight is 379 g/mol. The molecule has 5 nitrogen and oxygen atoms in total. The normalized spacial score (nSPS) is 14.3. The number of rotatable bonds is 5. The Kier molecular flexibility index (Phi) is 5.37. The first-order valence-corrected chi connectivity index (χ1v) is 9.48. The Morgan fingerprint density at radius 3 is 2.54 bits per heavy atom. The number of hydrogen-bond donors (Lipinski definition) is 0. The SMILES string of the molecule is O=C(CCc1ccc(-c2ccccc2F)o1)N1CCN(c2ccccn2)CC1. The monoisotopic (exact) mass is 379 g/mol. The number of hydrogen-bond acceptors (Lipinski definition) is 4. The van der Waals surface area contributed by atoms with Crippen LogP contribution in [-0.4, -0.2) is 42.0 Å². The summed E-state index contributed by atoms with van der Waals surface area (Å²) < 4.78 is 19.6. The van der Waals surface area contributed by atoms with Gasteiger partial charge in [-0.1, -0.05) is 18.2 Å². The van der Waals surface area contributed by atoms with Gasteiger partial charge in [-0.2, -0.15) is 0 Å². The van der Waals surface area contributed by atoms with Gasteiger partial charge in [0.15, 0.2) is 0 Å². The van der Waals surface area contributed by atoms with E-state index in [9.17, 15) is 9.18 Å². The van der Waals surface area contributed by atoms with Gasteiger partial charge in [0.2, 0.25) is 5.91 Å². The summed E-state index contributed by atoms with van der Waals surface area (Å²) in [5.74, 6) is 1.93. The van der Waals surface area contributed by atoms with E-state index >= 15 is 0 Å². The summed E-state index contributed by atoms with van der Waals surface area (Å²) in [6.07, 6.45) is 2.67. The predicted molar refractivity (Wildman–Crippen MR) is 105 cm³/mol. The molecule has 0 radical (unpaired) electrons. The Morgan fingerprint density at radius 1 is 1.00 bits per heavy atom. The lowest BCUT2D eigenvalue weighted by molar-refractivity contribution is -0.131. The van der Waals surface area contributed by atoms with Gasteiger partial charge in [-0.25, -0.2) is 9.37 Å². The fourth-order valence-electron chi connectivity index (χ4n) is 3.43. The summed E-state index contributed by atoms with van der Waals surface area (Å²) in [5, 5.41) is 0. The molecule has 0 spiro atoms. The minimum absolute atomic E-state index is 0.115. The fraction of sp³-hybridized carbons (Fsp3) is 0.273. The van der Waals surface area contributed by atoms with Crippen molar-refractivity contribution < 1.29 is 13.6 Å². The van der Waals surface area contributed by atoms with Gasteiger partial charge < -0.3 is 14.2 Å². The lowest BCUT2D eigenvalue weighted by Crippen LogP contribution is -2.49. The maximum Gasteiger partial charge on any atom is 0.223 e. The van der Waals surface area contributed by atoms with Gasteiger partial charge in [0.05, 0.1) is 5.56 Å². The molecule has 0 atom stereocenters. The summed E-state index contributed by atoms with van der Waals surface area (Å²) in [4.78, 5) is 21.0. The summed E-state index contributed by atoms with van der Waals surface area (Å²) in [6, 6.07) is 15.9. The molecule has 3 heterocycles. The second-order valence-corrected chi connectivity index (χ2v) is 6.80. The molecule has 1 aliphatic rings. The fourth-order valence-corrected chi connectivity index (χ4v) is 3.43. The molecule has 1 aliphatic heterocycles. The largest absolute Gasteiger partial charge is 0.461 e. The third-order valence-corrected chi connectivity index (χ3v) is 4.99. The molecule has 2 aromatic heterocycles. The predicted octanol–water partition coefficient (Wildman–Crippen LogP) is 3.76. The Labute approximate surface area is 163 Å². The Morgan fingerprint density at radius 2 is 1.79 bits per heavy atom. The second kappa shape index (κ2) is 8.25. The van der Waals surface area contributed by atoms with Crippen LogP contribution in [0, 0.1) is 5.82 Å². The summed E-state index contributed by atoms with van der Waals surface area (Å²) in [5.41, 5.74) is 0.436. The first-order valence-electron chi connectivity index (χ1n) is 9.48. The molecular weight excluding hydrogens is 357 g/mol. The zero-order valence-electron chi connectivity index (χ0n) is 15.6. The van der Waals surface area contributed by atoms with Crippen LogP contribution < -0.4 is 4.90 Å². The molecule has 144 valence electrons. The van der Waals surface area contributed by atoms with Gasteiger partial charge in [0.1, 0.15) is 23.2 Å². The minimum Gasteiger partial charge on any atom is -0.461 e. The first kappa shape index (κ1) is 18.2. The number of halogens is 1. The molecule has 0 aliphatic carbocycles. The first-order chi connectivity index (χ1) is 13.7. The van der Waals surface area contributed by atoms with E-state index in [1.54, 1.807) is 30.5 Å². The van der Waals surface area contributed by atoms with Crippen molar-refractivity contribution in [3.8, 4) is 11.3 Å². The van der Waals surface area contributed by atoms with E-state index < -0.39 is 0 Å². The van der Waals surface area contributed by atoms with Crippen LogP contribution in [0.4, 0.5) is 10.2 Å². The number of benzene rings is 1. The Balaban J connectivity index is 1.29. The van der Waals surface area contributed by atoms with Gasteiger partial charge in [-0.15, -0.1) is 0 Å². The Bertz CT molecular complexity index is 934. The van der Waals surface area contributed by atoms with E-state index in [0.29, 0.717) is 43.0 Å². The maximum atomic E-state index is 13.9. The van der Waals surface area contributed by atoms with Crippen molar-refractivity contribution in [3.63, 3.8) is 0 Å². The van der Waals surface area contributed by atoms with Crippen molar-refractivity contribution in [2.75, 3.05) is 31.1 Å². The second-order valence-electron chi connectivity index (χ2n) is 6.80. The number of carbonyl (C=O) groups is 1. The van der Waals surface area contributed by atoms with E-state index in [0.717, 1.165) is 18.9 Å². The van der Waals surface area contributed by atoms with Crippen molar-refractivity contribution in [1.82, 2.24) is 9.88 Å². The van der Waals surface area contributed by atoms with Gasteiger partial charge in [0.25, 0.3) is 0 Å². The molecule has 1 saturated heterocycles. The lowest BCUT2D eigenvalue weighted by atomic mass is 10.1. The van der Waals surface area contributed by atoms with E-state index in [1.807, 2.05) is 29.2 Å². The quantitative estimate of drug-likeness (QED) is 0.677. The van der Waals surface area contributed by atoms with Crippen LogP contribution in [-0.2, 0) is 11.2 Å². The van der Waals surface area contributed by atoms with Crippen molar-refractivity contribution >= 4 is 11.7 Å². The molecule has 1 amide bonds. The number of carbonyl (C=O) groups excluding carboxylic acids is 1. The zero-order valence-corrected chi connectivity index (χ0v) is 15.6. The lowest BCUT2D eigenvalue weighted by Gasteiger charge is -2.35. The summed E-state index contributed by atoms with van der Waals surface area (Å²) in [7, 11) is 0. The van der Waals surface area contributed by atoms with Gasteiger partial charge in [-0.05, 0) is 36.4 Å². The number of anilines is 1. The van der Waals surface area contributed by atoms with E-state index in [1.165, 1.54) is 6.07 Å².